The quantitative estimate of drug-likeness (QED) is 0.797. The van der Waals surface area contributed by atoms with E-state index < -0.39 is 0 Å². The topological polar surface area (TPSA) is 47.3 Å². The second-order valence-electron chi connectivity index (χ2n) is 4.77. The summed E-state index contributed by atoms with van der Waals surface area (Å²) in [6.45, 7) is 0.736. The van der Waals surface area contributed by atoms with Crippen molar-refractivity contribution in [2.24, 2.45) is 0 Å². The first-order valence-electron chi connectivity index (χ1n) is 6.70. The third kappa shape index (κ3) is 2.89. The van der Waals surface area contributed by atoms with Crippen LogP contribution in [0.5, 0.6) is 11.5 Å². The van der Waals surface area contributed by atoms with Crippen molar-refractivity contribution >= 4 is 0 Å². The summed E-state index contributed by atoms with van der Waals surface area (Å²) < 4.78 is 7.24. The first-order valence-corrected chi connectivity index (χ1v) is 6.70. The van der Waals surface area contributed by atoms with Gasteiger partial charge in [-0.15, -0.1) is 0 Å². The summed E-state index contributed by atoms with van der Waals surface area (Å²) >= 11 is 0. The van der Waals surface area contributed by atoms with E-state index in [4.69, 9.17) is 4.74 Å². The van der Waals surface area contributed by atoms with E-state index in [-0.39, 0.29) is 5.75 Å². The zero-order valence-corrected chi connectivity index (χ0v) is 11.7. The van der Waals surface area contributed by atoms with Gasteiger partial charge in [-0.1, -0.05) is 12.1 Å². The molecule has 1 heterocycles. The highest BCUT2D eigenvalue weighted by Gasteiger charge is 2.06. The zero-order valence-electron chi connectivity index (χ0n) is 11.7. The maximum atomic E-state index is 9.37. The summed E-state index contributed by atoms with van der Waals surface area (Å²) in [4.78, 5) is 4.40. The maximum absolute atomic E-state index is 9.37. The Morgan fingerprint density at radius 2 is 1.76 bits per heavy atom. The molecule has 0 bridgehead atoms. The fourth-order valence-electron chi connectivity index (χ4n) is 2.24. The van der Waals surface area contributed by atoms with E-state index in [0.29, 0.717) is 0 Å². The van der Waals surface area contributed by atoms with Crippen LogP contribution in [0.4, 0.5) is 0 Å². The predicted octanol–water partition coefficient (Wildman–Crippen LogP) is 3.31. The molecule has 1 aromatic heterocycles. The van der Waals surface area contributed by atoms with Crippen LogP contribution >= 0.6 is 0 Å². The number of phenols is 1. The first-order chi connectivity index (χ1) is 10.3. The number of aromatic nitrogens is 2. The maximum Gasteiger partial charge on any atom is 0.140 e. The standard InChI is InChI=1S/C17H16N2O2/c1-21-16-8-2-13(3-9-16)12-19-11-10-18-17(19)14-4-6-15(20)7-5-14/h2-11,20H,12H2,1H3. The summed E-state index contributed by atoms with van der Waals surface area (Å²) in [5, 5.41) is 9.37. The summed E-state index contributed by atoms with van der Waals surface area (Å²) in [6, 6.07) is 15.0. The van der Waals surface area contributed by atoms with E-state index in [1.807, 2.05) is 42.6 Å². The Bertz CT molecular complexity index is 715. The van der Waals surface area contributed by atoms with Crippen LogP contribution in [-0.2, 0) is 6.54 Å². The minimum atomic E-state index is 0.256. The fraction of sp³-hybridized carbons (Fsp3) is 0.118. The molecule has 4 nitrogen and oxygen atoms in total. The average Bonchev–Trinajstić information content (AvgIpc) is 2.97. The number of methoxy groups -OCH3 is 1. The molecule has 0 aliphatic rings. The monoisotopic (exact) mass is 280 g/mol. The summed E-state index contributed by atoms with van der Waals surface area (Å²) in [5.74, 6) is 1.99. The fourth-order valence-corrected chi connectivity index (χ4v) is 2.24. The van der Waals surface area contributed by atoms with Gasteiger partial charge in [-0.3, -0.25) is 0 Å². The second-order valence-corrected chi connectivity index (χ2v) is 4.77. The molecule has 0 unspecified atom stereocenters. The van der Waals surface area contributed by atoms with Crippen LogP contribution in [0.25, 0.3) is 11.4 Å². The van der Waals surface area contributed by atoms with Crippen molar-refractivity contribution in [2.45, 2.75) is 6.54 Å². The molecule has 21 heavy (non-hydrogen) atoms. The van der Waals surface area contributed by atoms with Crippen molar-refractivity contribution in [1.29, 1.82) is 0 Å². The molecule has 0 radical (unpaired) electrons. The van der Waals surface area contributed by atoms with Crippen molar-refractivity contribution in [3.8, 4) is 22.9 Å². The Hall–Kier alpha value is -2.75. The molecule has 1 N–H and O–H groups in total. The molecule has 106 valence electrons. The third-order valence-corrected chi connectivity index (χ3v) is 3.35. The smallest absolute Gasteiger partial charge is 0.140 e. The molecular weight excluding hydrogens is 264 g/mol. The van der Waals surface area contributed by atoms with Crippen molar-refractivity contribution in [3.63, 3.8) is 0 Å². The van der Waals surface area contributed by atoms with Gasteiger partial charge in [0.15, 0.2) is 0 Å². The van der Waals surface area contributed by atoms with Crippen LogP contribution in [-0.4, -0.2) is 21.8 Å². The highest BCUT2D eigenvalue weighted by Crippen LogP contribution is 2.21. The number of aromatic hydroxyl groups is 1. The largest absolute Gasteiger partial charge is 0.508 e. The van der Waals surface area contributed by atoms with Gasteiger partial charge in [0.25, 0.3) is 0 Å². The molecule has 0 fully saturated rings. The number of imidazole rings is 1. The predicted molar refractivity (Wildman–Crippen MR) is 81.4 cm³/mol. The van der Waals surface area contributed by atoms with Crippen LogP contribution in [0, 0.1) is 0 Å². The lowest BCUT2D eigenvalue weighted by Crippen LogP contribution is -2.01. The molecule has 0 saturated carbocycles. The minimum absolute atomic E-state index is 0.256. The van der Waals surface area contributed by atoms with E-state index in [1.54, 1.807) is 25.4 Å². The van der Waals surface area contributed by atoms with Crippen molar-refractivity contribution < 1.29 is 9.84 Å². The third-order valence-electron chi connectivity index (χ3n) is 3.35. The first kappa shape index (κ1) is 13.2. The van der Waals surface area contributed by atoms with Gasteiger partial charge >= 0.3 is 0 Å². The van der Waals surface area contributed by atoms with Gasteiger partial charge in [0.1, 0.15) is 17.3 Å². The van der Waals surface area contributed by atoms with Crippen molar-refractivity contribution in [3.05, 3.63) is 66.5 Å². The van der Waals surface area contributed by atoms with Crippen LogP contribution in [0.1, 0.15) is 5.56 Å². The minimum Gasteiger partial charge on any atom is -0.508 e. The van der Waals surface area contributed by atoms with Gasteiger partial charge in [-0.2, -0.15) is 0 Å². The van der Waals surface area contributed by atoms with Crippen LogP contribution in [0.3, 0.4) is 0 Å². The molecule has 0 spiro atoms. The van der Waals surface area contributed by atoms with Gasteiger partial charge in [0, 0.05) is 24.5 Å². The summed E-state index contributed by atoms with van der Waals surface area (Å²) in [5.41, 5.74) is 2.15. The van der Waals surface area contributed by atoms with E-state index in [2.05, 4.69) is 9.55 Å². The molecule has 0 aliphatic heterocycles. The molecule has 0 aliphatic carbocycles. The highest BCUT2D eigenvalue weighted by molar-refractivity contribution is 5.56. The van der Waals surface area contributed by atoms with E-state index in [9.17, 15) is 5.11 Å². The number of hydrogen-bond acceptors (Lipinski definition) is 3. The molecule has 2 aromatic carbocycles. The van der Waals surface area contributed by atoms with Crippen molar-refractivity contribution in [1.82, 2.24) is 9.55 Å². The zero-order chi connectivity index (χ0) is 14.7. The lowest BCUT2D eigenvalue weighted by atomic mass is 10.2. The van der Waals surface area contributed by atoms with E-state index >= 15 is 0 Å². The Labute approximate surface area is 123 Å². The Morgan fingerprint density at radius 1 is 1.05 bits per heavy atom. The highest BCUT2D eigenvalue weighted by atomic mass is 16.5. The molecule has 3 aromatic rings. The number of ether oxygens (including phenoxy) is 1. The Balaban J connectivity index is 1.86. The molecule has 4 heteroatoms. The van der Waals surface area contributed by atoms with Gasteiger partial charge in [-0.05, 0) is 42.0 Å². The van der Waals surface area contributed by atoms with E-state index in [0.717, 1.165) is 23.7 Å². The van der Waals surface area contributed by atoms with Gasteiger partial charge < -0.3 is 14.4 Å². The van der Waals surface area contributed by atoms with Gasteiger partial charge in [0.05, 0.1) is 7.11 Å². The van der Waals surface area contributed by atoms with Crippen LogP contribution in [0.15, 0.2) is 60.9 Å². The second kappa shape index (κ2) is 5.71. The molecule has 0 atom stereocenters. The number of hydrogen-bond donors (Lipinski definition) is 1. The lowest BCUT2D eigenvalue weighted by molar-refractivity contribution is 0.414. The number of benzene rings is 2. The number of nitrogens with zero attached hydrogens (tertiary/aromatic N) is 2. The lowest BCUT2D eigenvalue weighted by Gasteiger charge is -2.09. The molecular formula is C17H16N2O2. The summed E-state index contributed by atoms with van der Waals surface area (Å²) in [6.07, 6.45) is 3.73. The molecule has 3 rings (SSSR count). The Kier molecular flexibility index (Phi) is 3.60. The molecule has 0 amide bonds. The normalized spacial score (nSPS) is 10.5. The Morgan fingerprint density at radius 3 is 2.43 bits per heavy atom. The van der Waals surface area contributed by atoms with Gasteiger partial charge in [0.2, 0.25) is 0 Å². The van der Waals surface area contributed by atoms with Gasteiger partial charge in [-0.25, -0.2) is 4.98 Å². The average molecular weight is 280 g/mol. The summed E-state index contributed by atoms with van der Waals surface area (Å²) in [7, 11) is 1.66. The van der Waals surface area contributed by atoms with Crippen LogP contribution in [0.2, 0.25) is 0 Å². The molecule has 0 saturated heterocycles. The number of phenolic OH excluding ortho intramolecular Hbond substituents is 1. The SMILES string of the molecule is COc1ccc(Cn2ccnc2-c2ccc(O)cc2)cc1. The number of rotatable bonds is 4. The van der Waals surface area contributed by atoms with E-state index in [1.165, 1.54) is 5.56 Å². The van der Waals surface area contributed by atoms with Crippen molar-refractivity contribution in [2.75, 3.05) is 7.11 Å². The van der Waals surface area contributed by atoms with Crippen LogP contribution < -0.4 is 4.74 Å².